The Balaban J connectivity index is 2.06. The number of aliphatic hydroxyl groups excluding tert-OH is 1. The van der Waals surface area contributed by atoms with Gasteiger partial charge in [0.25, 0.3) is 5.91 Å². The summed E-state index contributed by atoms with van der Waals surface area (Å²) in [4.78, 5) is 12.3. The lowest BCUT2D eigenvalue weighted by Crippen LogP contribution is -2.39. The maximum absolute atomic E-state index is 12.3. The fourth-order valence-electron chi connectivity index (χ4n) is 2.00. The standard InChI is InChI=1S/C16H15Br2NO2/c17-12-6-7-14(15(18)9-12)16(21)19-13(10-20)8-11-4-2-1-3-5-11/h1-7,9,13,20H,8,10H2,(H,19,21)/t13-/m1/s1. The van der Waals surface area contributed by atoms with Crippen LogP contribution >= 0.6 is 31.9 Å². The Bertz CT molecular complexity index is 617. The maximum atomic E-state index is 12.3. The third-order valence-corrected chi connectivity index (χ3v) is 4.21. The summed E-state index contributed by atoms with van der Waals surface area (Å²) in [5, 5.41) is 12.3. The average molecular weight is 413 g/mol. The molecule has 0 unspecified atom stereocenters. The van der Waals surface area contributed by atoms with Crippen LogP contribution in [0.1, 0.15) is 15.9 Å². The van der Waals surface area contributed by atoms with Gasteiger partial charge in [0, 0.05) is 8.95 Å². The van der Waals surface area contributed by atoms with Gasteiger partial charge >= 0.3 is 0 Å². The van der Waals surface area contributed by atoms with Crippen LogP contribution in [0.15, 0.2) is 57.5 Å². The first-order valence-electron chi connectivity index (χ1n) is 6.51. The summed E-state index contributed by atoms with van der Waals surface area (Å²) in [7, 11) is 0. The van der Waals surface area contributed by atoms with Crippen LogP contribution in [0.3, 0.4) is 0 Å². The van der Waals surface area contributed by atoms with E-state index in [1.807, 2.05) is 42.5 Å². The van der Waals surface area contributed by atoms with Crippen molar-refractivity contribution in [3.05, 3.63) is 68.6 Å². The van der Waals surface area contributed by atoms with Gasteiger partial charge in [-0.15, -0.1) is 0 Å². The van der Waals surface area contributed by atoms with Gasteiger partial charge in [0.15, 0.2) is 0 Å². The van der Waals surface area contributed by atoms with Gasteiger partial charge in [-0.3, -0.25) is 4.79 Å². The molecule has 110 valence electrons. The Morgan fingerprint density at radius 1 is 1.14 bits per heavy atom. The molecule has 0 saturated heterocycles. The van der Waals surface area contributed by atoms with E-state index >= 15 is 0 Å². The minimum Gasteiger partial charge on any atom is -0.394 e. The molecular formula is C16H15Br2NO2. The number of hydrogen-bond donors (Lipinski definition) is 2. The van der Waals surface area contributed by atoms with Gasteiger partial charge < -0.3 is 10.4 Å². The molecule has 5 heteroatoms. The van der Waals surface area contributed by atoms with Crippen molar-refractivity contribution >= 4 is 37.8 Å². The van der Waals surface area contributed by atoms with Crippen molar-refractivity contribution in [1.82, 2.24) is 5.32 Å². The highest BCUT2D eigenvalue weighted by atomic mass is 79.9. The molecular weight excluding hydrogens is 398 g/mol. The normalized spacial score (nSPS) is 12.0. The van der Waals surface area contributed by atoms with E-state index in [2.05, 4.69) is 37.2 Å². The van der Waals surface area contributed by atoms with E-state index in [4.69, 9.17) is 0 Å². The molecule has 2 rings (SSSR count). The molecule has 0 aromatic heterocycles. The molecule has 0 aliphatic heterocycles. The molecule has 2 N–H and O–H groups in total. The highest BCUT2D eigenvalue weighted by Crippen LogP contribution is 2.22. The minimum absolute atomic E-state index is 0.102. The van der Waals surface area contributed by atoms with Crippen molar-refractivity contribution in [2.45, 2.75) is 12.5 Å². The Hall–Kier alpha value is -1.17. The first kappa shape index (κ1) is 16.2. The van der Waals surface area contributed by atoms with Crippen LogP contribution in [0.25, 0.3) is 0 Å². The maximum Gasteiger partial charge on any atom is 0.252 e. The number of nitrogens with one attached hydrogen (secondary N) is 1. The highest BCUT2D eigenvalue weighted by Gasteiger charge is 2.15. The molecule has 0 aliphatic rings. The average Bonchev–Trinajstić information content (AvgIpc) is 2.47. The van der Waals surface area contributed by atoms with Crippen LogP contribution in [0.4, 0.5) is 0 Å². The van der Waals surface area contributed by atoms with Crippen LogP contribution in [-0.2, 0) is 6.42 Å². The number of carbonyl (C=O) groups excluding carboxylic acids is 1. The van der Waals surface area contributed by atoms with E-state index in [0.717, 1.165) is 10.0 Å². The van der Waals surface area contributed by atoms with Gasteiger partial charge in [-0.1, -0.05) is 46.3 Å². The SMILES string of the molecule is O=C(N[C@@H](CO)Cc1ccccc1)c1ccc(Br)cc1Br. The van der Waals surface area contributed by atoms with E-state index in [0.29, 0.717) is 16.5 Å². The predicted molar refractivity (Wildman–Crippen MR) is 90.3 cm³/mol. The third-order valence-electron chi connectivity index (χ3n) is 3.06. The van der Waals surface area contributed by atoms with Crippen LogP contribution in [0, 0.1) is 0 Å². The summed E-state index contributed by atoms with van der Waals surface area (Å²) in [5.41, 5.74) is 1.62. The molecule has 0 saturated carbocycles. The zero-order valence-corrected chi connectivity index (χ0v) is 14.4. The Labute approximate surface area is 140 Å². The van der Waals surface area contributed by atoms with E-state index in [1.165, 1.54) is 0 Å². The lowest BCUT2D eigenvalue weighted by Gasteiger charge is -2.17. The topological polar surface area (TPSA) is 49.3 Å². The van der Waals surface area contributed by atoms with Crippen LogP contribution in [-0.4, -0.2) is 23.7 Å². The molecule has 0 heterocycles. The molecule has 0 fully saturated rings. The second kappa shape index (κ2) is 7.73. The Kier molecular flexibility index (Phi) is 5.96. The van der Waals surface area contributed by atoms with Crippen molar-refractivity contribution in [2.75, 3.05) is 6.61 Å². The Morgan fingerprint density at radius 3 is 2.48 bits per heavy atom. The van der Waals surface area contributed by atoms with E-state index < -0.39 is 0 Å². The monoisotopic (exact) mass is 411 g/mol. The van der Waals surface area contributed by atoms with Crippen molar-refractivity contribution in [1.29, 1.82) is 0 Å². The van der Waals surface area contributed by atoms with Gasteiger partial charge in [0.05, 0.1) is 18.2 Å². The van der Waals surface area contributed by atoms with Crippen LogP contribution < -0.4 is 5.32 Å². The number of hydrogen-bond acceptors (Lipinski definition) is 2. The number of rotatable bonds is 5. The summed E-state index contributed by atoms with van der Waals surface area (Å²) < 4.78 is 1.61. The highest BCUT2D eigenvalue weighted by molar-refractivity contribution is 9.11. The first-order chi connectivity index (χ1) is 10.1. The molecule has 2 aromatic rings. The lowest BCUT2D eigenvalue weighted by atomic mass is 10.1. The van der Waals surface area contributed by atoms with Crippen LogP contribution in [0.5, 0.6) is 0 Å². The molecule has 1 amide bonds. The largest absolute Gasteiger partial charge is 0.394 e. The van der Waals surface area contributed by atoms with Crippen molar-refractivity contribution < 1.29 is 9.90 Å². The smallest absolute Gasteiger partial charge is 0.252 e. The van der Waals surface area contributed by atoms with E-state index in [1.54, 1.807) is 6.07 Å². The van der Waals surface area contributed by atoms with Crippen molar-refractivity contribution in [3.63, 3.8) is 0 Å². The number of amides is 1. The fourth-order valence-corrected chi connectivity index (χ4v) is 3.22. The number of benzene rings is 2. The first-order valence-corrected chi connectivity index (χ1v) is 8.09. The Morgan fingerprint density at radius 2 is 1.86 bits per heavy atom. The summed E-state index contributed by atoms with van der Waals surface area (Å²) in [6.07, 6.45) is 0.594. The van der Waals surface area contributed by atoms with Gasteiger partial charge in [-0.05, 0) is 46.1 Å². The molecule has 21 heavy (non-hydrogen) atoms. The summed E-state index contributed by atoms with van der Waals surface area (Å²) in [6, 6.07) is 14.8. The van der Waals surface area contributed by atoms with Crippen molar-refractivity contribution in [3.8, 4) is 0 Å². The zero-order chi connectivity index (χ0) is 15.2. The molecule has 3 nitrogen and oxygen atoms in total. The summed E-state index contributed by atoms with van der Waals surface area (Å²) in [6.45, 7) is -0.102. The zero-order valence-electron chi connectivity index (χ0n) is 11.2. The molecule has 0 spiro atoms. The number of halogens is 2. The number of carbonyl (C=O) groups is 1. The third kappa shape index (κ3) is 4.66. The second-order valence-electron chi connectivity index (χ2n) is 4.67. The molecule has 1 atom stereocenters. The molecule has 0 bridgehead atoms. The minimum atomic E-state index is -0.310. The van der Waals surface area contributed by atoms with E-state index in [-0.39, 0.29) is 18.6 Å². The summed E-state index contributed by atoms with van der Waals surface area (Å²) >= 11 is 6.73. The van der Waals surface area contributed by atoms with Gasteiger partial charge in [-0.25, -0.2) is 0 Å². The van der Waals surface area contributed by atoms with Crippen molar-refractivity contribution in [2.24, 2.45) is 0 Å². The molecule has 0 radical (unpaired) electrons. The van der Waals surface area contributed by atoms with Crippen LogP contribution in [0.2, 0.25) is 0 Å². The molecule has 0 aliphatic carbocycles. The van der Waals surface area contributed by atoms with Gasteiger partial charge in [0.2, 0.25) is 0 Å². The second-order valence-corrected chi connectivity index (χ2v) is 6.44. The quantitative estimate of drug-likeness (QED) is 0.788. The lowest BCUT2D eigenvalue weighted by molar-refractivity contribution is 0.0915. The fraction of sp³-hybridized carbons (Fsp3) is 0.188. The van der Waals surface area contributed by atoms with Gasteiger partial charge in [0.1, 0.15) is 0 Å². The summed E-state index contributed by atoms with van der Waals surface area (Å²) in [5.74, 6) is -0.204. The van der Waals surface area contributed by atoms with E-state index in [9.17, 15) is 9.90 Å². The molecule has 2 aromatic carbocycles. The predicted octanol–water partition coefficient (Wildman–Crippen LogP) is 3.55. The van der Waals surface area contributed by atoms with Gasteiger partial charge in [-0.2, -0.15) is 0 Å². The number of aliphatic hydroxyl groups is 1.